The molecule has 0 bridgehead atoms. The predicted molar refractivity (Wildman–Crippen MR) is 90.6 cm³/mol. The van der Waals surface area contributed by atoms with E-state index in [0.717, 1.165) is 36.3 Å². The quantitative estimate of drug-likeness (QED) is 0.865. The highest BCUT2D eigenvalue weighted by Gasteiger charge is 2.35. The fraction of sp³-hybridized carbons (Fsp3) is 0.300. The number of fused-ring (bicyclic) bond motifs is 2. The second kappa shape index (κ2) is 5.33. The molecule has 1 aliphatic carbocycles. The summed E-state index contributed by atoms with van der Waals surface area (Å²) < 4.78 is 5.48. The summed E-state index contributed by atoms with van der Waals surface area (Å²) >= 11 is 0. The summed E-state index contributed by atoms with van der Waals surface area (Å²) in [5.74, 6) is 3.97. The Bertz CT molecular complexity index is 819. The van der Waals surface area contributed by atoms with Crippen molar-refractivity contribution in [3.63, 3.8) is 0 Å². The Morgan fingerprint density at radius 2 is 2.22 bits per heavy atom. The van der Waals surface area contributed by atoms with Crippen molar-refractivity contribution in [2.75, 3.05) is 20.2 Å². The molecule has 0 saturated heterocycles. The van der Waals surface area contributed by atoms with Crippen molar-refractivity contribution in [3.8, 4) is 35.0 Å². The van der Waals surface area contributed by atoms with E-state index in [9.17, 15) is 5.11 Å². The van der Waals surface area contributed by atoms with Crippen molar-refractivity contribution in [2.24, 2.45) is 0 Å². The SMILES string of the molecule is C#CCN1CCc2cc(OC)cc3c2C1Cc1cccc(O)c1-3. The maximum absolute atomic E-state index is 10.4. The van der Waals surface area contributed by atoms with Crippen LogP contribution in [0.25, 0.3) is 11.1 Å². The number of methoxy groups -OCH3 is 1. The van der Waals surface area contributed by atoms with Crippen LogP contribution in [0, 0.1) is 12.3 Å². The summed E-state index contributed by atoms with van der Waals surface area (Å²) in [4.78, 5) is 2.37. The van der Waals surface area contributed by atoms with Gasteiger partial charge >= 0.3 is 0 Å². The second-order valence-corrected chi connectivity index (χ2v) is 6.20. The largest absolute Gasteiger partial charge is 0.507 e. The third-order valence-corrected chi connectivity index (χ3v) is 5.02. The highest BCUT2D eigenvalue weighted by atomic mass is 16.5. The van der Waals surface area contributed by atoms with Gasteiger partial charge in [0.1, 0.15) is 11.5 Å². The van der Waals surface area contributed by atoms with Crippen LogP contribution in [-0.4, -0.2) is 30.2 Å². The molecule has 0 radical (unpaired) electrons. The highest BCUT2D eigenvalue weighted by molar-refractivity contribution is 5.81. The summed E-state index contributed by atoms with van der Waals surface area (Å²) in [7, 11) is 1.69. The number of phenolic OH excluding ortho intramolecular Hbond substituents is 1. The molecule has 1 heterocycles. The fourth-order valence-electron chi connectivity index (χ4n) is 4.03. The van der Waals surface area contributed by atoms with Crippen molar-refractivity contribution in [1.82, 2.24) is 4.90 Å². The van der Waals surface area contributed by atoms with E-state index in [-0.39, 0.29) is 6.04 Å². The van der Waals surface area contributed by atoms with Gasteiger partial charge in [-0.25, -0.2) is 0 Å². The highest BCUT2D eigenvalue weighted by Crippen LogP contribution is 2.49. The third-order valence-electron chi connectivity index (χ3n) is 5.02. The minimum Gasteiger partial charge on any atom is -0.507 e. The molecule has 1 atom stereocenters. The number of hydrogen-bond acceptors (Lipinski definition) is 3. The lowest BCUT2D eigenvalue weighted by atomic mass is 9.76. The van der Waals surface area contributed by atoms with Crippen LogP contribution in [0.3, 0.4) is 0 Å². The van der Waals surface area contributed by atoms with Crippen molar-refractivity contribution in [2.45, 2.75) is 18.9 Å². The number of ether oxygens (including phenoxy) is 1. The van der Waals surface area contributed by atoms with Crippen LogP contribution >= 0.6 is 0 Å². The topological polar surface area (TPSA) is 32.7 Å². The van der Waals surface area contributed by atoms with Gasteiger partial charge in [-0.05, 0) is 53.3 Å². The molecule has 0 saturated carbocycles. The molecule has 0 aromatic heterocycles. The average Bonchev–Trinajstić information content (AvgIpc) is 2.57. The van der Waals surface area contributed by atoms with E-state index < -0.39 is 0 Å². The molecule has 4 rings (SSSR count). The van der Waals surface area contributed by atoms with E-state index >= 15 is 0 Å². The lowest BCUT2D eigenvalue weighted by Gasteiger charge is -2.41. The van der Waals surface area contributed by atoms with Gasteiger partial charge in [0, 0.05) is 18.2 Å². The number of benzene rings is 2. The first-order chi connectivity index (χ1) is 11.2. The number of terminal acetylenes is 1. The number of phenols is 1. The van der Waals surface area contributed by atoms with Gasteiger partial charge in [-0.1, -0.05) is 18.1 Å². The van der Waals surface area contributed by atoms with Crippen LogP contribution in [-0.2, 0) is 12.8 Å². The maximum atomic E-state index is 10.4. The molecule has 2 aliphatic rings. The van der Waals surface area contributed by atoms with Gasteiger partial charge in [0.25, 0.3) is 0 Å². The lowest BCUT2D eigenvalue weighted by Crippen LogP contribution is -2.38. The third kappa shape index (κ3) is 2.10. The number of nitrogens with zero attached hydrogens (tertiary/aromatic N) is 1. The van der Waals surface area contributed by atoms with E-state index in [1.807, 2.05) is 12.1 Å². The van der Waals surface area contributed by atoms with Gasteiger partial charge in [-0.2, -0.15) is 0 Å². The molecule has 0 amide bonds. The van der Waals surface area contributed by atoms with Crippen LogP contribution in [0.15, 0.2) is 30.3 Å². The van der Waals surface area contributed by atoms with Gasteiger partial charge in [0.15, 0.2) is 0 Å². The molecule has 0 fully saturated rings. The summed E-state index contributed by atoms with van der Waals surface area (Å²) in [6, 6.07) is 10.2. The average molecular weight is 305 g/mol. The van der Waals surface area contributed by atoms with Gasteiger partial charge < -0.3 is 9.84 Å². The molecule has 2 aromatic rings. The van der Waals surface area contributed by atoms with Gasteiger partial charge in [0.05, 0.1) is 13.7 Å². The molecule has 116 valence electrons. The fourth-order valence-corrected chi connectivity index (χ4v) is 4.03. The number of hydrogen-bond donors (Lipinski definition) is 1. The zero-order chi connectivity index (χ0) is 16.0. The first kappa shape index (κ1) is 14.2. The van der Waals surface area contributed by atoms with Crippen molar-refractivity contribution in [3.05, 3.63) is 47.0 Å². The molecule has 1 N–H and O–H groups in total. The molecular weight excluding hydrogens is 286 g/mol. The van der Waals surface area contributed by atoms with Crippen LogP contribution in [0.1, 0.15) is 22.7 Å². The zero-order valence-electron chi connectivity index (χ0n) is 13.2. The summed E-state index contributed by atoms with van der Waals surface area (Å²) in [6.07, 6.45) is 7.41. The van der Waals surface area contributed by atoms with Crippen molar-refractivity contribution >= 4 is 0 Å². The standard InChI is InChI=1S/C20H19NO2/c1-3-8-21-9-7-14-10-15(23-2)12-16-19(14)17(21)11-13-5-4-6-18(22)20(13)16/h1,4-6,10,12,17,22H,7-9,11H2,2H3. The first-order valence-corrected chi connectivity index (χ1v) is 7.92. The monoisotopic (exact) mass is 305 g/mol. The Balaban J connectivity index is 1.98. The zero-order valence-corrected chi connectivity index (χ0v) is 13.2. The van der Waals surface area contributed by atoms with E-state index in [2.05, 4.69) is 23.0 Å². The van der Waals surface area contributed by atoms with E-state index in [0.29, 0.717) is 12.3 Å². The lowest BCUT2D eigenvalue weighted by molar-refractivity contribution is 0.206. The molecule has 1 aliphatic heterocycles. The van der Waals surface area contributed by atoms with Crippen molar-refractivity contribution < 1.29 is 9.84 Å². The molecule has 23 heavy (non-hydrogen) atoms. The molecule has 0 spiro atoms. The summed E-state index contributed by atoms with van der Waals surface area (Å²) in [5, 5.41) is 10.4. The Morgan fingerprint density at radius 3 is 3.00 bits per heavy atom. The minimum absolute atomic E-state index is 0.282. The second-order valence-electron chi connectivity index (χ2n) is 6.20. The maximum Gasteiger partial charge on any atom is 0.123 e. The summed E-state index contributed by atoms with van der Waals surface area (Å²) in [5.41, 5.74) is 5.82. The van der Waals surface area contributed by atoms with Crippen LogP contribution in [0.2, 0.25) is 0 Å². The minimum atomic E-state index is 0.282. The Kier molecular flexibility index (Phi) is 3.28. The predicted octanol–water partition coefficient (Wildman–Crippen LogP) is 3.16. The smallest absolute Gasteiger partial charge is 0.123 e. The molecular formula is C20H19NO2. The normalized spacial score (nSPS) is 18.7. The van der Waals surface area contributed by atoms with Crippen LogP contribution in [0.5, 0.6) is 11.5 Å². The van der Waals surface area contributed by atoms with Crippen LogP contribution < -0.4 is 4.74 Å². The van der Waals surface area contributed by atoms with Crippen LogP contribution in [0.4, 0.5) is 0 Å². The first-order valence-electron chi connectivity index (χ1n) is 7.92. The number of rotatable bonds is 2. The van der Waals surface area contributed by atoms with Gasteiger partial charge in [0.2, 0.25) is 0 Å². The molecule has 2 aromatic carbocycles. The van der Waals surface area contributed by atoms with E-state index in [4.69, 9.17) is 11.2 Å². The van der Waals surface area contributed by atoms with Gasteiger partial charge in [-0.15, -0.1) is 6.42 Å². The summed E-state index contributed by atoms with van der Waals surface area (Å²) in [6.45, 7) is 1.62. The Hall–Kier alpha value is -2.44. The molecule has 3 nitrogen and oxygen atoms in total. The van der Waals surface area contributed by atoms with Gasteiger partial charge in [-0.3, -0.25) is 4.90 Å². The van der Waals surface area contributed by atoms with E-state index in [1.165, 1.54) is 16.7 Å². The molecule has 1 unspecified atom stereocenters. The Morgan fingerprint density at radius 1 is 1.35 bits per heavy atom. The Labute approximate surface area is 136 Å². The molecule has 3 heteroatoms. The van der Waals surface area contributed by atoms with Crippen molar-refractivity contribution in [1.29, 1.82) is 0 Å². The number of aromatic hydroxyl groups is 1. The van der Waals surface area contributed by atoms with E-state index in [1.54, 1.807) is 13.2 Å².